The van der Waals surface area contributed by atoms with E-state index >= 15 is 0 Å². The van der Waals surface area contributed by atoms with Gasteiger partial charge >= 0.3 is 30.3 Å². The van der Waals surface area contributed by atoms with Crippen molar-refractivity contribution < 1.29 is 59.7 Å². The highest BCUT2D eigenvalue weighted by atomic mass is 19.4. The highest BCUT2D eigenvalue weighted by Crippen LogP contribution is 2.66. The van der Waals surface area contributed by atoms with Gasteiger partial charge in [0.15, 0.2) is 6.61 Å². The van der Waals surface area contributed by atoms with Gasteiger partial charge in [-0.15, -0.1) is 0 Å². The number of ketones is 1. The zero-order valence-corrected chi connectivity index (χ0v) is 21.0. The molecule has 38 heavy (non-hydrogen) atoms. The second-order valence-electron chi connectivity index (χ2n) is 11.5. The summed E-state index contributed by atoms with van der Waals surface area (Å²) in [6.07, 6.45) is -9.21. The number of carbonyl (C=O) groups is 4. The normalized spacial score (nSPS) is 38.9. The first-order chi connectivity index (χ1) is 17.5. The van der Waals surface area contributed by atoms with Gasteiger partial charge in [-0.25, -0.2) is 14.4 Å². The summed E-state index contributed by atoms with van der Waals surface area (Å²) in [6, 6.07) is 0. The molecule has 7 nitrogen and oxygen atoms in total. The summed E-state index contributed by atoms with van der Waals surface area (Å²) < 4.78 is 90.6. The van der Waals surface area contributed by atoms with Crippen LogP contribution in [0.1, 0.15) is 65.2 Å². The van der Waals surface area contributed by atoms with Gasteiger partial charge in [0.25, 0.3) is 0 Å². The van der Waals surface area contributed by atoms with E-state index in [2.05, 4.69) is 4.74 Å². The maximum absolute atomic E-state index is 13.2. The molecule has 0 aromatic carbocycles. The molecular weight excluding hydrogens is 526 g/mol. The van der Waals surface area contributed by atoms with Crippen molar-refractivity contribution in [2.75, 3.05) is 6.61 Å². The molecule has 0 aromatic heterocycles. The molecule has 4 saturated carbocycles. The number of ether oxygens (including phenoxy) is 3. The van der Waals surface area contributed by atoms with E-state index in [1.165, 1.54) is 0 Å². The fourth-order valence-corrected chi connectivity index (χ4v) is 7.87. The number of Topliss-reactive ketones (excluding diaryl/α,β-unsaturated/α-hetero) is 1. The molecule has 0 aromatic rings. The second kappa shape index (κ2) is 9.69. The number of halogens is 6. The molecule has 8 atom stereocenters. The van der Waals surface area contributed by atoms with E-state index in [1.807, 2.05) is 13.8 Å². The van der Waals surface area contributed by atoms with Crippen LogP contribution < -0.4 is 0 Å². The molecule has 0 heterocycles. The van der Waals surface area contributed by atoms with Crippen molar-refractivity contribution in [1.29, 1.82) is 0 Å². The van der Waals surface area contributed by atoms with Crippen LogP contribution in [0.4, 0.5) is 26.3 Å². The van der Waals surface area contributed by atoms with E-state index in [1.54, 1.807) is 0 Å². The monoisotopic (exact) mass is 556 g/mol. The molecule has 0 spiro atoms. The van der Waals surface area contributed by atoms with Crippen LogP contribution >= 0.6 is 0 Å². The quantitative estimate of drug-likeness (QED) is 0.281. The Kier molecular flexibility index (Phi) is 7.31. The Morgan fingerprint density at radius 1 is 0.842 bits per heavy atom. The van der Waals surface area contributed by atoms with Crippen LogP contribution in [0.5, 0.6) is 0 Å². The molecule has 0 amide bonds. The van der Waals surface area contributed by atoms with Crippen molar-refractivity contribution in [2.45, 2.75) is 89.8 Å². The SMILES string of the molecule is C[C@]12CC[C@H](OC(=O)COC(=O)C(F)(F)F)CC1[C@H](OC(=O)C(F)(F)F)C[C@@H]1[C@@H]2CC[C@]2(C)C(=O)CC[C@@H]12. The van der Waals surface area contributed by atoms with Gasteiger partial charge < -0.3 is 14.2 Å². The van der Waals surface area contributed by atoms with Gasteiger partial charge in [-0.3, -0.25) is 4.79 Å². The summed E-state index contributed by atoms with van der Waals surface area (Å²) in [5, 5.41) is 0. The van der Waals surface area contributed by atoms with Crippen LogP contribution in [-0.2, 0) is 33.4 Å². The molecule has 0 radical (unpaired) electrons. The predicted molar refractivity (Wildman–Crippen MR) is 115 cm³/mol. The second-order valence-corrected chi connectivity index (χ2v) is 11.5. The van der Waals surface area contributed by atoms with Crippen molar-refractivity contribution in [1.82, 2.24) is 0 Å². The van der Waals surface area contributed by atoms with E-state index in [0.717, 1.165) is 0 Å². The maximum Gasteiger partial charge on any atom is 0.490 e. The third kappa shape index (κ3) is 5.13. The molecule has 0 N–H and O–H groups in total. The van der Waals surface area contributed by atoms with Crippen LogP contribution in [-0.4, -0.2) is 54.9 Å². The Labute approximate surface area is 214 Å². The number of rotatable bonds is 4. The van der Waals surface area contributed by atoms with Crippen LogP contribution in [0, 0.1) is 34.5 Å². The Bertz CT molecular complexity index is 994. The molecule has 4 aliphatic carbocycles. The van der Waals surface area contributed by atoms with Gasteiger partial charge in [0.2, 0.25) is 0 Å². The lowest BCUT2D eigenvalue weighted by Gasteiger charge is -2.61. The summed E-state index contributed by atoms with van der Waals surface area (Å²) in [7, 11) is 0. The summed E-state index contributed by atoms with van der Waals surface area (Å²) in [6.45, 7) is 2.59. The molecule has 4 aliphatic rings. The fourth-order valence-electron chi connectivity index (χ4n) is 7.87. The first-order valence-electron chi connectivity index (χ1n) is 12.7. The molecule has 4 rings (SSSR count). The Morgan fingerprint density at radius 3 is 2.13 bits per heavy atom. The average Bonchev–Trinajstić information content (AvgIpc) is 3.11. The van der Waals surface area contributed by atoms with E-state index in [4.69, 9.17) is 9.47 Å². The predicted octanol–water partition coefficient (Wildman–Crippen LogP) is 4.70. The lowest BCUT2D eigenvalue weighted by molar-refractivity contribution is -0.227. The molecule has 4 fully saturated rings. The summed E-state index contributed by atoms with van der Waals surface area (Å²) >= 11 is 0. The minimum atomic E-state index is -5.28. The first-order valence-corrected chi connectivity index (χ1v) is 12.7. The van der Waals surface area contributed by atoms with Crippen molar-refractivity contribution in [2.24, 2.45) is 34.5 Å². The van der Waals surface area contributed by atoms with E-state index in [-0.39, 0.29) is 42.8 Å². The van der Waals surface area contributed by atoms with Crippen LogP contribution in [0.25, 0.3) is 0 Å². The lowest BCUT2D eigenvalue weighted by atomic mass is 9.44. The molecule has 214 valence electrons. The third-order valence-electron chi connectivity index (χ3n) is 9.66. The summed E-state index contributed by atoms with van der Waals surface area (Å²) in [5.74, 6) is -6.63. The first kappa shape index (κ1) is 28.7. The standard InChI is InChI=1S/C25H30F6O7/c1-22-7-5-12(37-19(33)11-36-20(34)24(26,27)28)9-16(22)17(38-21(35)25(29,30)31)10-13-14-3-4-18(32)23(14,2)8-6-15(13)22/h12-17H,3-11H2,1-2H3/t12-,13-,14-,15-,16?,17+,22+,23-/m0/s1. The van der Waals surface area contributed by atoms with Crippen LogP contribution in [0.2, 0.25) is 0 Å². The van der Waals surface area contributed by atoms with Gasteiger partial charge in [-0.2, -0.15) is 26.3 Å². The van der Waals surface area contributed by atoms with E-state index in [9.17, 15) is 45.5 Å². The minimum Gasteiger partial charge on any atom is -0.460 e. The number of alkyl halides is 6. The number of esters is 3. The minimum absolute atomic E-state index is 0.0301. The molecule has 0 saturated heterocycles. The Morgan fingerprint density at radius 2 is 1.50 bits per heavy atom. The topological polar surface area (TPSA) is 96.0 Å². The van der Waals surface area contributed by atoms with Crippen LogP contribution in [0.3, 0.4) is 0 Å². The highest BCUT2D eigenvalue weighted by molar-refractivity contribution is 5.87. The number of hydrogen-bond acceptors (Lipinski definition) is 7. The lowest BCUT2D eigenvalue weighted by Crippen LogP contribution is -2.59. The number of fused-ring (bicyclic) bond motifs is 5. The maximum atomic E-state index is 13.2. The van der Waals surface area contributed by atoms with Crippen LogP contribution in [0.15, 0.2) is 0 Å². The van der Waals surface area contributed by atoms with E-state index in [0.29, 0.717) is 32.1 Å². The van der Waals surface area contributed by atoms with Crippen molar-refractivity contribution in [3.63, 3.8) is 0 Å². The van der Waals surface area contributed by atoms with Crippen molar-refractivity contribution in [3.8, 4) is 0 Å². The number of hydrogen-bond donors (Lipinski definition) is 0. The number of carbonyl (C=O) groups excluding carboxylic acids is 4. The summed E-state index contributed by atoms with van der Waals surface area (Å²) in [5.41, 5.74) is -1.12. The van der Waals surface area contributed by atoms with Crippen molar-refractivity contribution in [3.05, 3.63) is 0 Å². The van der Waals surface area contributed by atoms with Gasteiger partial charge in [-0.05, 0) is 68.1 Å². The molecule has 13 heteroatoms. The molecule has 0 bridgehead atoms. The Hall–Kier alpha value is -2.34. The third-order valence-corrected chi connectivity index (χ3v) is 9.66. The van der Waals surface area contributed by atoms with Gasteiger partial charge in [0.1, 0.15) is 18.0 Å². The highest BCUT2D eigenvalue weighted by Gasteiger charge is 2.63. The molecule has 0 aliphatic heterocycles. The largest absolute Gasteiger partial charge is 0.490 e. The van der Waals surface area contributed by atoms with Gasteiger partial charge in [0.05, 0.1) is 0 Å². The van der Waals surface area contributed by atoms with Gasteiger partial charge in [-0.1, -0.05) is 13.8 Å². The van der Waals surface area contributed by atoms with E-state index < -0.39 is 65.8 Å². The zero-order valence-electron chi connectivity index (χ0n) is 21.0. The summed E-state index contributed by atoms with van der Waals surface area (Å²) in [4.78, 5) is 47.5. The smallest absolute Gasteiger partial charge is 0.460 e. The van der Waals surface area contributed by atoms with Crippen molar-refractivity contribution >= 4 is 23.7 Å². The molecular formula is C25H30F6O7. The average molecular weight is 556 g/mol. The zero-order chi connectivity index (χ0) is 28.3. The fraction of sp³-hybridized carbons (Fsp3) is 0.840. The Balaban J connectivity index is 1.53. The van der Waals surface area contributed by atoms with Gasteiger partial charge in [0, 0.05) is 17.8 Å². The molecule has 1 unspecified atom stereocenters.